The second kappa shape index (κ2) is 4.09. The number of carbonyl (C=O) groups excluding carboxylic acids is 1. The molecule has 0 spiro atoms. The first kappa shape index (κ1) is 11.2. The molecule has 1 heterocycles. The van der Waals surface area contributed by atoms with Gasteiger partial charge in [0.1, 0.15) is 5.82 Å². The molecule has 0 amide bonds. The lowest BCUT2D eigenvalue weighted by atomic mass is 9.96. The van der Waals surface area contributed by atoms with Crippen LogP contribution in [0.5, 0.6) is 0 Å². The average molecular weight is 243 g/mol. The Hall–Kier alpha value is -1.90. The number of hydrogen-bond acceptors (Lipinski definition) is 1. The lowest BCUT2D eigenvalue weighted by molar-refractivity contribution is 0.0972. The summed E-state index contributed by atoms with van der Waals surface area (Å²) in [5, 5.41) is 0. The van der Waals surface area contributed by atoms with Gasteiger partial charge < -0.3 is 4.57 Å². The van der Waals surface area contributed by atoms with Gasteiger partial charge in [-0.15, -0.1) is 0 Å². The van der Waals surface area contributed by atoms with Gasteiger partial charge in [0.2, 0.25) is 0 Å². The molecule has 0 saturated heterocycles. The number of hydrogen-bond donors (Lipinski definition) is 0. The van der Waals surface area contributed by atoms with E-state index in [1.54, 1.807) is 31.3 Å². The Kier molecular flexibility index (Phi) is 2.54. The highest BCUT2D eigenvalue weighted by Crippen LogP contribution is 2.27. The molecule has 0 N–H and O–H groups in total. The van der Waals surface area contributed by atoms with Gasteiger partial charge in [0, 0.05) is 23.9 Å². The second-order valence-corrected chi connectivity index (χ2v) is 4.73. The van der Waals surface area contributed by atoms with Gasteiger partial charge in [-0.1, -0.05) is 12.1 Å². The van der Waals surface area contributed by atoms with Crippen LogP contribution in [0.25, 0.3) is 5.69 Å². The van der Waals surface area contributed by atoms with Gasteiger partial charge in [0.15, 0.2) is 5.78 Å². The molecule has 3 heteroatoms. The third-order valence-electron chi connectivity index (χ3n) is 3.54. The van der Waals surface area contributed by atoms with Crippen LogP contribution in [-0.4, -0.2) is 10.4 Å². The van der Waals surface area contributed by atoms with Crippen LogP contribution in [0.15, 0.2) is 30.5 Å². The molecular weight excluding hydrogens is 229 g/mol. The highest BCUT2D eigenvalue weighted by Gasteiger charge is 2.22. The summed E-state index contributed by atoms with van der Waals surface area (Å²) < 4.78 is 15.9. The molecule has 0 unspecified atom stereocenters. The van der Waals surface area contributed by atoms with E-state index in [1.807, 2.05) is 10.6 Å². The summed E-state index contributed by atoms with van der Waals surface area (Å²) in [4.78, 5) is 11.8. The molecule has 2 nitrogen and oxygen atoms in total. The summed E-state index contributed by atoms with van der Waals surface area (Å²) in [6.45, 7) is 1.75. The fourth-order valence-electron chi connectivity index (χ4n) is 2.57. The van der Waals surface area contributed by atoms with E-state index >= 15 is 0 Å². The topological polar surface area (TPSA) is 22.0 Å². The summed E-state index contributed by atoms with van der Waals surface area (Å²) in [5.41, 5.74) is 2.85. The number of rotatable bonds is 1. The summed E-state index contributed by atoms with van der Waals surface area (Å²) in [6.07, 6.45) is 4.09. The highest BCUT2D eigenvalue weighted by molar-refractivity contribution is 5.98. The predicted molar refractivity (Wildman–Crippen MR) is 67.7 cm³/mol. The van der Waals surface area contributed by atoms with E-state index in [4.69, 9.17) is 0 Å². The number of aryl methyl sites for hydroxylation is 1. The molecule has 2 aromatic rings. The standard InChI is InChI=1S/C15H14FNO/c1-10-4-2-6-13(15(10)16)17-9-8-11-12(17)5-3-7-14(11)18/h2,4,6,8-9H,3,5,7H2,1H3. The minimum atomic E-state index is -0.214. The van der Waals surface area contributed by atoms with Gasteiger partial charge in [-0.25, -0.2) is 4.39 Å². The van der Waals surface area contributed by atoms with Gasteiger partial charge in [0.25, 0.3) is 0 Å². The molecule has 1 aromatic carbocycles. The van der Waals surface area contributed by atoms with E-state index in [-0.39, 0.29) is 11.6 Å². The van der Waals surface area contributed by atoms with Gasteiger partial charge in [-0.2, -0.15) is 0 Å². The number of carbonyl (C=O) groups is 1. The molecule has 1 aliphatic rings. The summed E-state index contributed by atoms with van der Waals surface area (Å²) >= 11 is 0. The third kappa shape index (κ3) is 1.58. The number of ketones is 1. The van der Waals surface area contributed by atoms with Crippen molar-refractivity contribution in [3.63, 3.8) is 0 Å². The minimum absolute atomic E-state index is 0.170. The summed E-state index contributed by atoms with van der Waals surface area (Å²) in [7, 11) is 0. The average Bonchev–Trinajstić information content (AvgIpc) is 2.78. The molecule has 0 aliphatic heterocycles. The number of nitrogens with zero attached hydrogens (tertiary/aromatic N) is 1. The molecule has 0 fully saturated rings. The highest BCUT2D eigenvalue weighted by atomic mass is 19.1. The van der Waals surface area contributed by atoms with Crippen molar-refractivity contribution >= 4 is 5.78 Å². The smallest absolute Gasteiger partial charge is 0.164 e. The van der Waals surface area contributed by atoms with E-state index in [0.717, 1.165) is 24.1 Å². The number of aromatic nitrogens is 1. The van der Waals surface area contributed by atoms with Gasteiger partial charge in [-0.05, 0) is 37.5 Å². The Labute approximate surface area is 105 Å². The van der Waals surface area contributed by atoms with Gasteiger partial charge in [-0.3, -0.25) is 4.79 Å². The van der Waals surface area contributed by atoms with E-state index in [2.05, 4.69) is 0 Å². The van der Waals surface area contributed by atoms with Crippen molar-refractivity contribution in [2.45, 2.75) is 26.2 Å². The first-order valence-electron chi connectivity index (χ1n) is 6.17. The minimum Gasteiger partial charge on any atom is -0.317 e. The Balaban J connectivity index is 2.19. The fraction of sp³-hybridized carbons (Fsp3) is 0.267. The zero-order valence-electron chi connectivity index (χ0n) is 10.2. The first-order chi connectivity index (χ1) is 8.68. The zero-order chi connectivity index (χ0) is 12.7. The SMILES string of the molecule is Cc1cccc(-n2ccc3c2CCCC3=O)c1F. The molecule has 18 heavy (non-hydrogen) atoms. The van der Waals surface area contributed by atoms with Crippen LogP contribution in [0.4, 0.5) is 4.39 Å². The molecule has 0 radical (unpaired) electrons. The van der Waals surface area contributed by atoms with E-state index in [1.165, 1.54) is 0 Å². The molecule has 0 atom stereocenters. The van der Waals surface area contributed by atoms with E-state index in [9.17, 15) is 9.18 Å². The van der Waals surface area contributed by atoms with Crippen molar-refractivity contribution in [2.75, 3.05) is 0 Å². The molecule has 1 aliphatic carbocycles. The second-order valence-electron chi connectivity index (χ2n) is 4.73. The van der Waals surface area contributed by atoms with Crippen LogP contribution in [0, 0.1) is 12.7 Å². The van der Waals surface area contributed by atoms with Crippen molar-refractivity contribution in [1.29, 1.82) is 0 Å². The maximum atomic E-state index is 14.1. The molecular formula is C15H14FNO. The van der Waals surface area contributed by atoms with Crippen LogP contribution in [0.3, 0.4) is 0 Å². The van der Waals surface area contributed by atoms with Gasteiger partial charge in [0.05, 0.1) is 5.69 Å². The number of halogens is 1. The van der Waals surface area contributed by atoms with Crippen LogP contribution < -0.4 is 0 Å². The van der Waals surface area contributed by atoms with Crippen molar-refractivity contribution in [2.24, 2.45) is 0 Å². The summed E-state index contributed by atoms with van der Waals surface area (Å²) in [6, 6.07) is 7.14. The molecule has 1 aromatic heterocycles. The van der Waals surface area contributed by atoms with E-state index in [0.29, 0.717) is 17.7 Å². The van der Waals surface area contributed by atoms with E-state index < -0.39 is 0 Å². The Morgan fingerprint density at radius 3 is 2.89 bits per heavy atom. The maximum absolute atomic E-state index is 14.1. The Bertz CT molecular complexity index is 627. The van der Waals surface area contributed by atoms with Crippen molar-refractivity contribution < 1.29 is 9.18 Å². The number of fused-ring (bicyclic) bond motifs is 1. The molecule has 0 bridgehead atoms. The first-order valence-corrected chi connectivity index (χ1v) is 6.17. The van der Waals surface area contributed by atoms with Gasteiger partial charge >= 0.3 is 0 Å². The third-order valence-corrected chi connectivity index (χ3v) is 3.54. The summed E-state index contributed by atoms with van der Waals surface area (Å²) in [5.74, 6) is -0.0445. The molecule has 92 valence electrons. The molecule has 0 saturated carbocycles. The number of benzene rings is 1. The predicted octanol–water partition coefficient (Wildman–Crippen LogP) is 3.44. The largest absolute Gasteiger partial charge is 0.317 e. The van der Waals surface area contributed by atoms with Crippen LogP contribution in [0.1, 0.15) is 34.5 Å². The van der Waals surface area contributed by atoms with Crippen LogP contribution in [-0.2, 0) is 6.42 Å². The lowest BCUT2D eigenvalue weighted by Crippen LogP contribution is -2.13. The quantitative estimate of drug-likeness (QED) is 0.752. The van der Waals surface area contributed by atoms with Crippen molar-refractivity contribution in [3.8, 4) is 5.69 Å². The Morgan fingerprint density at radius 1 is 1.22 bits per heavy atom. The maximum Gasteiger partial charge on any atom is 0.164 e. The van der Waals surface area contributed by atoms with Crippen molar-refractivity contribution in [3.05, 3.63) is 53.1 Å². The van der Waals surface area contributed by atoms with Crippen LogP contribution in [0.2, 0.25) is 0 Å². The van der Waals surface area contributed by atoms with Crippen LogP contribution >= 0.6 is 0 Å². The monoisotopic (exact) mass is 243 g/mol. The lowest BCUT2D eigenvalue weighted by Gasteiger charge is -2.16. The fourth-order valence-corrected chi connectivity index (χ4v) is 2.57. The normalized spacial score (nSPS) is 14.7. The molecule has 3 rings (SSSR count). The number of Topliss-reactive ketones (excluding diaryl/α,β-unsaturated/α-hetero) is 1. The van der Waals surface area contributed by atoms with Crippen molar-refractivity contribution in [1.82, 2.24) is 4.57 Å². The zero-order valence-corrected chi connectivity index (χ0v) is 10.2. The Morgan fingerprint density at radius 2 is 2.06 bits per heavy atom.